The molecule has 0 bridgehead atoms. The highest BCUT2D eigenvalue weighted by molar-refractivity contribution is 7.98. The van der Waals surface area contributed by atoms with Gasteiger partial charge in [0.25, 0.3) is 0 Å². The molecule has 0 aliphatic heterocycles. The van der Waals surface area contributed by atoms with E-state index in [1.165, 1.54) is 4.90 Å². The van der Waals surface area contributed by atoms with Crippen molar-refractivity contribution < 1.29 is 0 Å². The molecule has 0 saturated carbocycles. The van der Waals surface area contributed by atoms with Crippen LogP contribution in [0, 0.1) is 0 Å². The van der Waals surface area contributed by atoms with E-state index in [0.29, 0.717) is 11.7 Å². The molecule has 0 atom stereocenters. The van der Waals surface area contributed by atoms with Gasteiger partial charge in [-0.1, -0.05) is 12.1 Å². The van der Waals surface area contributed by atoms with Crippen LogP contribution < -0.4 is 0 Å². The first-order valence-electron chi connectivity index (χ1n) is 4.86. The van der Waals surface area contributed by atoms with Gasteiger partial charge in [-0.3, -0.25) is 0 Å². The maximum atomic E-state index is 5.71. The van der Waals surface area contributed by atoms with Gasteiger partial charge < -0.3 is 0 Å². The monoisotopic (exact) mass is 250 g/mol. The van der Waals surface area contributed by atoms with Crippen LogP contribution >= 0.6 is 23.4 Å². The smallest absolute Gasteiger partial charge is 0.143 e. The van der Waals surface area contributed by atoms with Gasteiger partial charge in [0.15, 0.2) is 0 Å². The molecule has 0 saturated heterocycles. The molecule has 0 N–H and O–H groups in total. The normalized spacial score (nSPS) is 10.4. The van der Waals surface area contributed by atoms with Crippen LogP contribution in [0.15, 0.2) is 41.4 Å². The lowest BCUT2D eigenvalue weighted by atomic mass is 10.1. The van der Waals surface area contributed by atoms with E-state index in [-0.39, 0.29) is 0 Å². The Balaban J connectivity index is 2.34. The molecule has 1 aromatic heterocycles. The summed E-state index contributed by atoms with van der Waals surface area (Å²) in [5.41, 5.74) is 2.00. The second-order valence-electron chi connectivity index (χ2n) is 3.22. The summed E-state index contributed by atoms with van der Waals surface area (Å²) in [6.45, 7) is 0. The van der Waals surface area contributed by atoms with Crippen LogP contribution in [0.25, 0.3) is 11.3 Å². The molecular formula is C12H11ClN2S. The summed E-state index contributed by atoms with van der Waals surface area (Å²) in [6.07, 6.45) is 3.80. The molecule has 1 heterocycles. The van der Waals surface area contributed by atoms with Crippen LogP contribution in [0.2, 0.25) is 0 Å². The van der Waals surface area contributed by atoms with Gasteiger partial charge in [-0.15, -0.1) is 23.4 Å². The molecule has 0 aliphatic rings. The predicted octanol–water partition coefficient (Wildman–Crippen LogP) is 3.60. The number of aromatic nitrogens is 2. The first-order chi connectivity index (χ1) is 7.83. The quantitative estimate of drug-likeness (QED) is 0.615. The van der Waals surface area contributed by atoms with Gasteiger partial charge in [-0.05, 0) is 24.5 Å². The van der Waals surface area contributed by atoms with E-state index in [1.54, 1.807) is 18.0 Å². The van der Waals surface area contributed by atoms with Crippen LogP contribution in [0.5, 0.6) is 0 Å². The first-order valence-corrected chi connectivity index (χ1v) is 6.61. The van der Waals surface area contributed by atoms with Gasteiger partial charge in [-0.25, -0.2) is 9.97 Å². The standard InChI is InChI=1S/C12H11ClN2S/c1-16-10-4-2-9(3-5-10)11-6-7-14-12(8-13)15-11/h2-7H,8H2,1H3. The molecule has 2 aromatic rings. The number of hydrogen-bond acceptors (Lipinski definition) is 3. The van der Waals surface area contributed by atoms with E-state index in [1.807, 2.05) is 6.07 Å². The molecule has 82 valence electrons. The average molecular weight is 251 g/mol. The zero-order valence-electron chi connectivity index (χ0n) is 8.85. The van der Waals surface area contributed by atoms with E-state index in [0.717, 1.165) is 11.3 Å². The van der Waals surface area contributed by atoms with Crippen molar-refractivity contribution in [3.63, 3.8) is 0 Å². The van der Waals surface area contributed by atoms with Gasteiger partial charge >= 0.3 is 0 Å². The van der Waals surface area contributed by atoms with Crippen molar-refractivity contribution in [2.24, 2.45) is 0 Å². The SMILES string of the molecule is CSc1ccc(-c2ccnc(CCl)n2)cc1. The summed E-state index contributed by atoms with van der Waals surface area (Å²) in [6, 6.07) is 10.2. The number of thioether (sulfide) groups is 1. The van der Waals surface area contributed by atoms with Gasteiger partial charge in [0, 0.05) is 16.7 Å². The number of hydrogen-bond donors (Lipinski definition) is 0. The molecule has 0 amide bonds. The Labute approximate surface area is 104 Å². The molecule has 0 radical (unpaired) electrons. The fourth-order valence-electron chi connectivity index (χ4n) is 1.39. The Kier molecular flexibility index (Phi) is 3.80. The summed E-state index contributed by atoms with van der Waals surface area (Å²) in [7, 11) is 0. The molecular weight excluding hydrogens is 240 g/mol. The summed E-state index contributed by atoms with van der Waals surface area (Å²) in [4.78, 5) is 9.68. The van der Waals surface area contributed by atoms with Crippen LogP contribution in [0.3, 0.4) is 0 Å². The van der Waals surface area contributed by atoms with Crippen molar-refractivity contribution in [2.75, 3.05) is 6.26 Å². The number of benzene rings is 1. The maximum Gasteiger partial charge on any atom is 0.143 e. The second-order valence-corrected chi connectivity index (χ2v) is 4.37. The third-order valence-electron chi connectivity index (χ3n) is 2.21. The highest BCUT2D eigenvalue weighted by atomic mass is 35.5. The molecule has 0 unspecified atom stereocenters. The minimum atomic E-state index is 0.344. The zero-order valence-corrected chi connectivity index (χ0v) is 10.4. The lowest BCUT2D eigenvalue weighted by Crippen LogP contribution is -1.92. The van der Waals surface area contributed by atoms with Gasteiger partial charge in [0.2, 0.25) is 0 Å². The zero-order chi connectivity index (χ0) is 11.4. The Morgan fingerprint density at radius 2 is 1.94 bits per heavy atom. The van der Waals surface area contributed by atoms with Crippen molar-refractivity contribution in [3.8, 4) is 11.3 Å². The lowest BCUT2D eigenvalue weighted by molar-refractivity contribution is 1.03. The number of halogens is 1. The third kappa shape index (κ3) is 2.54. The number of nitrogens with zero attached hydrogens (tertiary/aromatic N) is 2. The predicted molar refractivity (Wildman–Crippen MR) is 68.8 cm³/mol. The molecule has 0 fully saturated rings. The van der Waals surface area contributed by atoms with Gasteiger partial charge in [-0.2, -0.15) is 0 Å². The second kappa shape index (κ2) is 5.32. The Bertz CT molecular complexity index is 471. The summed E-state index contributed by atoms with van der Waals surface area (Å²) in [5, 5.41) is 0. The largest absolute Gasteiger partial charge is 0.240 e. The van der Waals surface area contributed by atoms with E-state index in [2.05, 4.69) is 40.5 Å². The molecule has 4 heteroatoms. The third-order valence-corrected chi connectivity index (χ3v) is 3.19. The minimum Gasteiger partial charge on any atom is -0.240 e. The maximum absolute atomic E-state index is 5.71. The van der Waals surface area contributed by atoms with E-state index >= 15 is 0 Å². The summed E-state index contributed by atoms with van der Waals surface area (Å²) in [5.74, 6) is 1.00. The van der Waals surface area contributed by atoms with Gasteiger partial charge in [0.1, 0.15) is 5.82 Å². The Hall–Kier alpha value is -1.06. The minimum absolute atomic E-state index is 0.344. The van der Waals surface area contributed by atoms with Crippen LogP contribution in [0.4, 0.5) is 0 Å². The Morgan fingerprint density at radius 3 is 2.56 bits per heavy atom. The summed E-state index contributed by atoms with van der Waals surface area (Å²) >= 11 is 7.43. The molecule has 2 rings (SSSR count). The first kappa shape index (κ1) is 11.4. The molecule has 0 spiro atoms. The van der Waals surface area contributed by atoms with Crippen molar-refractivity contribution in [3.05, 3.63) is 42.4 Å². The van der Waals surface area contributed by atoms with Crippen LogP contribution in [-0.2, 0) is 5.88 Å². The molecule has 16 heavy (non-hydrogen) atoms. The van der Waals surface area contributed by atoms with Crippen molar-refractivity contribution in [1.82, 2.24) is 9.97 Å². The number of rotatable bonds is 3. The van der Waals surface area contributed by atoms with Crippen molar-refractivity contribution in [2.45, 2.75) is 10.8 Å². The van der Waals surface area contributed by atoms with Crippen molar-refractivity contribution in [1.29, 1.82) is 0 Å². The van der Waals surface area contributed by atoms with E-state index in [9.17, 15) is 0 Å². The lowest BCUT2D eigenvalue weighted by Gasteiger charge is -2.03. The summed E-state index contributed by atoms with van der Waals surface area (Å²) < 4.78 is 0. The molecule has 1 aromatic carbocycles. The molecule has 2 nitrogen and oxygen atoms in total. The topological polar surface area (TPSA) is 25.8 Å². The Morgan fingerprint density at radius 1 is 1.19 bits per heavy atom. The fourth-order valence-corrected chi connectivity index (χ4v) is 1.92. The highest BCUT2D eigenvalue weighted by Crippen LogP contribution is 2.21. The van der Waals surface area contributed by atoms with Crippen molar-refractivity contribution >= 4 is 23.4 Å². The van der Waals surface area contributed by atoms with E-state index in [4.69, 9.17) is 11.6 Å². The molecule has 0 aliphatic carbocycles. The highest BCUT2D eigenvalue weighted by Gasteiger charge is 2.01. The number of alkyl halides is 1. The van der Waals surface area contributed by atoms with E-state index < -0.39 is 0 Å². The van der Waals surface area contributed by atoms with Crippen LogP contribution in [-0.4, -0.2) is 16.2 Å². The fraction of sp³-hybridized carbons (Fsp3) is 0.167. The average Bonchev–Trinajstić information content (AvgIpc) is 2.39. The van der Waals surface area contributed by atoms with Gasteiger partial charge in [0.05, 0.1) is 11.6 Å². The van der Waals surface area contributed by atoms with Crippen LogP contribution in [0.1, 0.15) is 5.82 Å².